The molecule has 0 bridgehead atoms. The molecule has 2 amide bonds. The van der Waals surface area contributed by atoms with Crippen LogP contribution in [0.3, 0.4) is 0 Å². The Bertz CT molecular complexity index is 804. The second-order valence-electron chi connectivity index (χ2n) is 8.42. The van der Waals surface area contributed by atoms with Crippen LogP contribution in [-0.2, 0) is 48.2 Å². The summed E-state index contributed by atoms with van der Waals surface area (Å²) < 4.78 is -0.115. The Balaban J connectivity index is 2.59. The van der Waals surface area contributed by atoms with Gasteiger partial charge in [-0.25, -0.2) is 0 Å². The first-order valence-corrected chi connectivity index (χ1v) is 12.8. The summed E-state index contributed by atoms with van der Waals surface area (Å²) in [6.07, 6.45) is 2.89. The summed E-state index contributed by atoms with van der Waals surface area (Å²) in [4.78, 5) is 37.2. The number of carbonyl (C=O) groups excluding carboxylic acids is 3. The zero-order chi connectivity index (χ0) is 23.8. The van der Waals surface area contributed by atoms with Gasteiger partial charge in [0.15, 0.2) is 5.78 Å². The van der Waals surface area contributed by atoms with Crippen LogP contribution in [0.1, 0.15) is 58.1 Å². The molecule has 3 atom stereocenters. The van der Waals surface area contributed by atoms with Crippen molar-refractivity contribution in [2.45, 2.75) is 71.0 Å². The number of hydrogen-bond acceptors (Lipinski definition) is 6. The number of nitrogens with one attached hydrogen (secondary N) is 2. The fraction of sp³-hybridized carbons (Fsp3) is 0.591. The number of aliphatic hydroxyl groups is 2. The van der Waals surface area contributed by atoms with Crippen LogP contribution < -0.4 is 10.6 Å². The Kier molecular flexibility index (Phi) is 10.9. The average molecular weight is 471 g/mol. The monoisotopic (exact) mass is 470 g/mol. The van der Waals surface area contributed by atoms with E-state index in [0.29, 0.717) is 29.7 Å². The third-order valence-electron chi connectivity index (χ3n) is 5.23. The maximum absolute atomic E-state index is 12.5. The van der Waals surface area contributed by atoms with Crippen molar-refractivity contribution in [3.8, 4) is 0 Å². The zero-order valence-electron chi connectivity index (χ0n) is 18.9. The third-order valence-corrected chi connectivity index (χ3v) is 8.35. The number of carbonyl (C=O) groups is 3. The Morgan fingerprint density at radius 3 is 2.13 bits per heavy atom. The lowest BCUT2D eigenvalue weighted by Crippen LogP contribution is -2.40. The van der Waals surface area contributed by atoms with Gasteiger partial charge in [0.2, 0.25) is 11.8 Å². The normalized spacial score (nSPS) is 14.4. The van der Waals surface area contributed by atoms with Crippen LogP contribution in [0.25, 0.3) is 0 Å². The molecular formula is C22H34N2O5S2. The van der Waals surface area contributed by atoms with Crippen molar-refractivity contribution < 1.29 is 24.6 Å². The predicted octanol–water partition coefficient (Wildman–Crippen LogP) is 1.98. The molecule has 0 aliphatic heterocycles. The number of benzene rings is 1. The van der Waals surface area contributed by atoms with E-state index in [1.54, 1.807) is 32.0 Å². The number of amides is 2. The highest BCUT2D eigenvalue weighted by molar-refractivity contribution is 8.29. The first-order chi connectivity index (χ1) is 14.4. The van der Waals surface area contributed by atoms with E-state index in [1.807, 2.05) is 20.1 Å². The van der Waals surface area contributed by atoms with Crippen LogP contribution >= 0.6 is 0 Å². The van der Waals surface area contributed by atoms with Gasteiger partial charge in [0.05, 0.1) is 19.3 Å². The molecule has 0 fully saturated rings. The number of ketones is 1. The lowest BCUT2D eigenvalue weighted by molar-refractivity contribution is -0.129. The van der Waals surface area contributed by atoms with Crippen LogP contribution in [0.5, 0.6) is 0 Å². The topological polar surface area (TPSA) is 116 Å². The predicted molar refractivity (Wildman–Crippen MR) is 127 cm³/mol. The van der Waals surface area contributed by atoms with Crippen molar-refractivity contribution in [2.75, 3.05) is 11.6 Å². The second-order valence-corrected chi connectivity index (χ2v) is 11.9. The molecule has 0 aliphatic rings. The first-order valence-electron chi connectivity index (χ1n) is 10.2. The molecule has 0 radical (unpaired) electrons. The van der Waals surface area contributed by atoms with E-state index in [1.165, 1.54) is 0 Å². The molecule has 0 saturated heterocycles. The van der Waals surface area contributed by atoms with Gasteiger partial charge in [0.25, 0.3) is 0 Å². The highest BCUT2D eigenvalue weighted by atomic mass is 32.8. The molecule has 1 aromatic carbocycles. The van der Waals surface area contributed by atoms with Crippen LogP contribution in [0.2, 0.25) is 0 Å². The van der Waals surface area contributed by atoms with E-state index >= 15 is 0 Å². The van der Waals surface area contributed by atoms with Gasteiger partial charge in [0.1, 0.15) is 0 Å². The van der Waals surface area contributed by atoms with Crippen molar-refractivity contribution in [3.05, 3.63) is 29.3 Å². The minimum Gasteiger partial charge on any atom is -0.392 e. The van der Waals surface area contributed by atoms with Gasteiger partial charge < -0.3 is 20.8 Å². The number of hydrogen-bond donors (Lipinski definition) is 4. The van der Waals surface area contributed by atoms with E-state index in [9.17, 15) is 24.6 Å². The maximum Gasteiger partial charge on any atom is 0.227 e. The molecule has 9 heteroatoms. The summed E-state index contributed by atoms with van der Waals surface area (Å²) in [6.45, 7) is 6.89. The van der Waals surface area contributed by atoms with Crippen LogP contribution in [0, 0.1) is 5.92 Å². The van der Waals surface area contributed by atoms with Gasteiger partial charge in [-0.3, -0.25) is 14.4 Å². The van der Waals surface area contributed by atoms with Gasteiger partial charge in [0, 0.05) is 29.2 Å². The zero-order valence-corrected chi connectivity index (χ0v) is 20.5. The molecule has 0 spiro atoms. The molecule has 174 valence electrons. The van der Waals surface area contributed by atoms with Gasteiger partial charge in [-0.05, 0) is 42.9 Å². The van der Waals surface area contributed by atoms with E-state index in [0.717, 1.165) is 0 Å². The SMILES string of the molecule is C[C@H](CC(=O)[C@H](C)NC(=O)CCC(C)(C)S(C)=S)C(=O)Nc1cc(CO)cc(CO)c1. The molecule has 1 unspecified atom stereocenters. The van der Waals surface area contributed by atoms with E-state index < -0.39 is 12.0 Å². The molecule has 0 saturated carbocycles. The minimum atomic E-state index is -0.687. The lowest BCUT2D eigenvalue weighted by Gasteiger charge is -2.24. The van der Waals surface area contributed by atoms with Crippen molar-refractivity contribution in [1.82, 2.24) is 5.32 Å². The van der Waals surface area contributed by atoms with E-state index in [2.05, 4.69) is 10.6 Å². The van der Waals surface area contributed by atoms with Gasteiger partial charge in [-0.15, -0.1) is 9.45 Å². The standard InChI is InChI=1S/C22H34N2O5S2/c1-14(21(29)24-18-10-16(12-25)9-17(11-18)13-26)8-19(27)15(2)23-20(28)6-7-22(3,4)31(5)30/h9-11,14-15,25-26H,6-8,12-13H2,1-5H3,(H,23,28)(H,24,29)/t14-,15+,31?/m1/s1. The largest absolute Gasteiger partial charge is 0.392 e. The van der Waals surface area contributed by atoms with Crippen molar-refractivity contribution >= 4 is 43.9 Å². The molecule has 0 aromatic heterocycles. The lowest BCUT2D eigenvalue weighted by atomic mass is 9.99. The Morgan fingerprint density at radius 2 is 1.65 bits per heavy atom. The van der Waals surface area contributed by atoms with Crippen molar-refractivity contribution in [1.29, 1.82) is 0 Å². The summed E-state index contributed by atoms with van der Waals surface area (Å²) in [6, 6.07) is 4.18. The molecule has 7 nitrogen and oxygen atoms in total. The Morgan fingerprint density at radius 1 is 1.10 bits per heavy atom. The highest BCUT2D eigenvalue weighted by Crippen LogP contribution is 2.19. The smallest absolute Gasteiger partial charge is 0.227 e. The fourth-order valence-electron chi connectivity index (χ4n) is 2.81. The van der Waals surface area contributed by atoms with Gasteiger partial charge in [-0.2, -0.15) is 0 Å². The van der Waals surface area contributed by atoms with Gasteiger partial charge in [-0.1, -0.05) is 38.0 Å². The summed E-state index contributed by atoms with van der Waals surface area (Å²) in [7, 11) is -0.234. The van der Waals surface area contributed by atoms with Crippen LogP contribution in [0.15, 0.2) is 18.2 Å². The number of rotatable bonds is 12. The van der Waals surface area contributed by atoms with Crippen LogP contribution in [0.4, 0.5) is 5.69 Å². The molecule has 1 aromatic rings. The van der Waals surface area contributed by atoms with Gasteiger partial charge >= 0.3 is 0 Å². The molecule has 1 rings (SSSR count). The second kappa shape index (κ2) is 12.4. The molecular weight excluding hydrogens is 436 g/mol. The summed E-state index contributed by atoms with van der Waals surface area (Å²) in [5, 5.41) is 24.0. The third kappa shape index (κ3) is 9.14. The molecule has 0 heterocycles. The van der Waals surface area contributed by atoms with Crippen molar-refractivity contribution in [2.24, 2.45) is 5.92 Å². The number of aliphatic hydroxyl groups excluding tert-OH is 2. The fourth-order valence-corrected chi connectivity index (χ4v) is 3.45. The maximum atomic E-state index is 12.5. The highest BCUT2D eigenvalue weighted by Gasteiger charge is 2.24. The summed E-state index contributed by atoms with van der Waals surface area (Å²) >= 11 is 5.32. The van der Waals surface area contributed by atoms with E-state index in [4.69, 9.17) is 11.2 Å². The van der Waals surface area contributed by atoms with E-state index in [-0.39, 0.29) is 51.4 Å². The first kappa shape index (κ1) is 27.4. The Labute approximate surface area is 191 Å². The molecule has 4 N–H and O–H groups in total. The molecule has 31 heavy (non-hydrogen) atoms. The quantitative estimate of drug-likeness (QED) is 0.371. The summed E-state index contributed by atoms with van der Waals surface area (Å²) in [5.74, 6) is -1.39. The minimum absolute atomic E-state index is 0.0180. The number of Topliss-reactive ketones (excluding diaryl/α,β-unsaturated/α-hetero) is 1. The average Bonchev–Trinajstić information content (AvgIpc) is 2.71. The van der Waals surface area contributed by atoms with Crippen LogP contribution in [-0.4, -0.2) is 44.9 Å². The van der Waals surface area contributed by atoms with Crippen molar-refractivity contribution in [3.63, 3.8) is 0 Å². The number of anilines is 1. The summed E-state index contributed by atoms with van der Waals surface area (Å²) in [5.41, 5.74) is 1.58. The Hall–Kier alpha value is -1.68. The molecule has 0 aliphatic carbocycles.